The summed E-state index contributed by atoms with van der Waals surface area (Å²) in [6, 6.07) is 7.65. The van der Waals surface area contributed by atoms with Crippen LogP contribution in [0.2, 0.25) is 0 Å². The summed E-state index contributed by atoms with van der Waals surface area (Å²) in [5.41, 5.74) is 0.228. The Morgan fingerprint density at radius 1 is 1.21 bits per heavy atom. The number of benzene rings is 1. The van der Waals surface area contributed by atoms with E-state index < -0.39 is 11.6 Å². The molecule has 1 atom stereocenters. The van der Waals surface area contributed by atoms with Crippen molar-refractivity contribution >= 4 is 5.96 Å². The molecule has 0 spiro atoms. The molecule has 1 aliphatic heterocycles. The number of ether oxygens (including phenoxy) is 1. The number of halogens is 2. The Morgan fingerprint density at radius 2 is 2.10 bits per heavy atom. The van der Waals surface area contributed by atoms with Gasteiger partial charge in [0.2, 0.25) is 0 Å². The van der Waals surface area contributed by atoms with Gasteiger partial charge < -0.3 is 19.8 Å². The monoisotopic (exact) mass is 403 g/mol. The molecule has 2 heterocycles. The van der Waals surface area contributed by atoms with Crippen LogP contribution in [0.15, 0.2) is 46.0 Å². The minimum atomic E-state index is -0.550. The van der Waals surface area contributed by atoms with E-state index in [-0.39, 0.29) is 5.41 Å². The predicted octanol–water partition coefficient (Wildman–Crippen LogP) is 3.40. The highest BCUT2D eigenvalue weighted by Crippen LogP contribution is 2.49. The quantitative estimate of drug-likeness (QED) is 0.524. The maximum Gasteiger partial charge on any atom is 0.191 e. The number of nitrogens with zero attached hydrogens (tertiary/aromatic N) is 1. The highest BCUT2D eigenvalue weighted by molar-refractivity contribution is 5.80. The molecule has 7 heteroatoms. The van der Waals surface area contributed by atoms with Gasteiger partial charge in [0.05, 0.1) is 19.4 Å². The molecule has 1 unspecified atom stereocenters. The molecule has 1 aliphatic carbocycles. The number of aliphatic imine (C=N–C) groups is 1. The zero-order valence-corrected chi connectivity index (χ0v) is 16.4. The van der Waals surface area contributed by atoms with Crippen LogP contribution in [0, 0.1) is 17.6 Å². The molecule has 1 aromatic carbocycles. The second kappa shape index (κ2) is 8.95. The first-order valence-corrected chi connectivity index (χ1v) is 10.2. The molecular formula is C22H27F2N3O2. The molecule has 156 valence electrons. The standard InChI is InChI=1S/C22H27F2N3O2/c23-17-3-4-19(20(24)12-17)22(7-8-22)15-27-21(26-13-16-6-11-28-14-16)25-9-5-18-2-1-10-29-18/h1-4,10,12,16H,5-9,11,13-15H2,(H2,25,26,27). The molecule has 2 fully saturated rings. The molecule has 0 amide bonds. The smallest absolute Gasteiger partial charge is 0.191 e. The van der Waals surface area contributed by atoms with E-state index in [4.69, 9.17) is 14.1 Å². The second-order valence-corrected chi connectivity index (χ2v) is 7.94. The summed E-state index contributed by atoms with van der Waals surface area (Å²) in [6.45, 7) is 3.49. The number of guanidine groups is 1. The fourth-order valence-electron chi connectivity index (χ4n) is 3.73. The fraction of sp³-hybridized carbons (Fsp3) is 0.500. The number of nitrogens with one attached hydrogen (secondary N) is 2. The van der Waals surface area contributed by atoms with E-state index in [1.165, 1.54) is 6.07 Å². The van der Waals surface area contributed by atoms with Gasteiger partial charge in [0, 0.05) is 43.5 Å². The molecule has 5 nitrogen and oxygen atoms in total. The first-order valence-electron chi connectivity index (χ1n) is 10.2. The number of rotatable bonds is 8. The van der Waals surface area contributed by atoms with Crippen molar-refractivity contribution in [2.24, 2.45) is 10.9 Å². The maximum atomic E-state index is 14.3. The zero-order chi connectivity index (χ0) is 20.1. The topological polar surface area (TPSA) is 58.8 Å². The van der Waals surface area contributed by atoms with Gasteiger partial charge in [0.1, 0.15) is 17.4 Å². The van der Waals surface area contributed by atoms with Crippen LogP contribution < -0.4 is 10.6 Å². The average Bonchev–Trinajstić information content (AvgIpc) is 3.10. The van der Waals surface area contributed by atoms with E-state index in [1.54, 1.807) is 12.3 Å². The van der Waals surface area contributed by atoms with Crippen LogP contribution in [0.25, 0.3) is 0 Å². The van der Waals surface area contributed by atoms with E-state index in [2.05, 4.69) is 10.6 Å². The van der Waals surface area contributed by atoms with Crippen molar-refractivity contribution in [1.29, 1.82) is 0 Å². The molecule has 1 saturated carbocycles. The third kappa shape index (κ3) is 5.15. The van der Waals surface area contributed by atoms with Gasteiger partial charge in [-0.2, -0.15) is 0 Å². The number of hydrogen-bond donors (Lipinski definition) is 2. The molecule has 2 N–H and O–H groups in total. The molecule has 0 radical (unpaired) electrons. The van der Waals surface area contributed by atoms with Crippen molar-refractivity contribution in [1.82, 2.24) is 10.6 Å². The minimum Gasteiger partial charge on any atom is -0.469 e. The summed E-state index contributed by atoms with van der Waals surface area (Å²) in [4.78, 5) is 4.74. The van der Waals surface area contributed by atoms with E-state index in [9.17, 15) is 8.78 Å². The highest BCUT2D eigenvalue weighted by atomic mass is 19.1. The predicted molar refractivity (Wildman–Crippen MR) is 107 cm³/mol. The zero-order valence-electron chi connectivity index (χ0n) is 16.4. The van der Waals surface area contributed by atoms with Crippen LogP contribution in [0.1, 0.15) is 30.6 Å². The van der Waals surface area contributed by atoms with Crippen LogP contribution >= 0.6 is 0 Å². The molecule has 29 heavy (non-hydrogen) atoms. The number of furan rings is 1. The Bertz CT molecular complexity index is 829. The average molecular weight is 403 g/mol. The van der Waals surface area contributed by atoms with Crippen molar-refractivity contribution in [3.05, 3.63) is 59.6 Å². The van der Waals surface area contributed by atoms with Crippen molar-refractivity contribution in [3.8, 4) is 0 Å². The summed E-state index contributed by atoms with van der Waals surface area (Å²) in [5.74, 6) is 1.05. The van der Waals surface area contributed by atoms with E-state index in [0.717, 1.165) is 57.3 Å². The summed E-state index contributed by atoms with van der Waals surface area (Å²) in [6.07, 6.45) is 5.16. The van der Waals surface area contributed by atoms with Crippen molar-refractivity contribution in [3.63, 3.8) is 0 Å². The molecule has 2 aliphatic rings. The van der Waals surface area contributed by atoms with Gasteiger partial charge in [-0.1, -0.05) is 6.07 Å². The molecular weight excluding hydrogens is 376 g/mol. The van der Waals surface area contributed by atoms with E-state index in [0.29, 0.717) is 30.5 Å². The van der Waals surface area contributed by atoms with E-state index >= 15 is 0 Å². The van der Waals surface area contributed by atoms with Crippen LogP contribution in [0.5, 0.6) is 0 Å². The molecule has 2 aromatic rings. The highest BCUT2D eigenvalue weighted by Gasteiger charge is 2.46. The minimum absolute atomic E-state index is 0.329. The van der Waals surface area contributed by atoms with Crippen LogP contribution in [-0.4, -0.2) is 38.8 Å². The second-order valence-electron chi connectivity index (χ2n) is 7.94. The summed E-state index contributed by atoms with van der Waals surface area (Å²) >= 11 is 0. The van der Waals surface area contributed by atoms with Crippen LogP contribution in [0.3, 0.4) is 0 Å². The molecule has 4 rings (SSSR count). The number of hydrogen-bond acceptors (Lipinski definition) is 3. The van der Waals surface area contributed by atoms with Crippen LogP contribution in [0.4, 0.5) is 8.78 Å². The summed E-state index contributed by atoms with van der Waals surface area (Å²) < 4.78 is 38.4. The first kappa shape index (κ1) is 19.9. The summed E-state index contributed by atoms with van der Waals surface area (Å²) in [5, 5.41) is 6.73. The van der Waals surface area contributed by atoms with Gasteiger partial charge in [-0.25, -0.2) is 8.78 Å². The van der Waals surface area contributed by atoms with Gasteiger partial charge in [-0.15, -0.1) is 0 Å². The third-order valence-corrected chi connectivity index (χ3v) is 5.72. The third-order valence-electron chi connectivity index (χ3n) is 5.72. The van der Waals surface area contributed by atoms with Crippen molar-refractivity contribution in [2.75, 3.05) is 32.8 Å². The van der Waals surface area contributed by atoms with Gasteiger partial charge >= 0.3 is 0 Å². The van der Waals surface area contributed by atoms with E-state index in [1.807, 2.05) is 12.1 Å². The van der Waals surface area contributed by atoms with Crippen molar-refractivity contribution in [2.45, 2.75) is 31.1 Å². The molecule has 1 aromatic heterocycles. The fourth-order valence-corrected chi connectivity index (χ4v) is 3.73. The molecule has 1 saturated heterocycles. The largest absolute Gasteiger partial charge is 0.469 e. The van der Waals surface area contributed by atoms with Gasteiger partial charge in [-0.3, -0.25) is 4.99 Å². The Hall–Kier alpha value is -2.41. The molecule has 0 bridgehead atoms. The Labute approximate surface area is 169 Å². The van der Waals surface area contributed by atoms with Crippen LogP contribution in [-0.2, 0) is 16.6 Å². The first-order chi connectivity index (χ1) is 14.1. The van der Waals surface area contributed by atoms with Gasteiger partial charge in [-0.05, 0) is 43.0 Å². The lowest BCUT2D eigenvalue weighted by Crippen LogP contribution is -2.41. The summed E-state index contributed by atoms with van der Waals surface area (Å²) in [7, 11) is 0. The Morgan fingerprint density at radius 3 is 2.79 bits per heavy atom. The Kier molecular flexibility index (Phi) is 6.13. The Balaban J connectivity index is 1.40. The normalized spacial score (nSPS) is 20.6. The van der Waals surface area contributed by atoms with Gasteiger partial charge in [0.25, 0.3) is 0 Å². The SMILES string of the molecule is Fc1ccc(C2(CN=C(NCCc3ccco3)NCC3CCOC3)CC2)c(F)c1. The maximum absolute atomic E-state index is 14.3. The lowest BCUT2D eigenvalue weighted by atomic mass is 9.95. The van der Waals surface area contributed by atoms with Crippen molar-refractivity contribution < 1.29 is 17.9 Å². The van der Waals surface area contributed by atoms with Gasteiger partial charge in [0.15, 0.2) is 5.96 Å². The lowest BCUT2D eigenvalue weighted by Gasteiger charge is -2.18. The lowest BCUT2D eigenvalue weighted by molar-refractivity contribution is 0.186.